The summed E-state index contributed by atoms with van der Waals surface area (Å²) < 4.78 is 7.35. The van der Waals surface area contributed by atoms with Crippen LogP contribution in [0, 0.1) is 6.92 Å². The van der Waals surface area contributed by atoms with Gasteiger partial charge in [-0.2, -0.15) is 0 Å². The van der Waals surface area contributed by atoms with Gasteiger partial charge in [-0.25, -0.2) is 4.98 Å². The maximum Gasteiger partial charge on any atom is 0.243 e. The first kappa shape index (κ1) is 15.6. The number of carbonyl (C=O) groups is 1. The quantitative estimate of drug-likeness (QED) is 0.926. The van der Waals surface area contributed by atoms with Gasteiger partial charge in [-0.05, 0) is 13.0 Å². The fourth-order valence-electron chi connectivity index (χ4n) is 3.03. The van der Waals surface area contributed by atoms with Crippen molar-refractivity contribution < 1.29 is 9.53 Å². The molecule has 1 atom stereocenters. The number of hydrogen-bond donors (Lipinski definition) is 1. The molecule has 3 rings (SSSR count). The first-order valence-corrected chi connectivity index (χ1v) is 7.81. The highest BCUT2D eigenvalue weighted by atomic mass is 16.5. The molecule has 2 aromatic rings. The van der Waals surface area contributed by atoms with Crippen molar-refractivity contribution in [2.45, 2.75) is 19.5 Å². The van der Waals surface area contributed by atoms with Crippen LogP contribution in [0.4, 0.5) is 0 Å². The molecule has 1 fully saturated rings. The van der Waals surface area contributed by atoms with E-state index in [2.05, 4.69) is 10.3 Å². The van der Waals surface area contributed by atoms with Gasteiger partial charge in [0.2, 0.25) is 5.91 Å². The van der Waals surface area contributed by atoms with E-state index in [-0.39, 0.29) is 11.9 Å². The molecule has 1 aromatic heterocycles. The lowest BCUT2D eigenvalue weighted by Gasteiger charge is -2.37. The molecule has 0 radical (unpaired) electrons. The van der Waals surface area contributed by atoms with Crippen molar-refractivity contribution in [2.24, 2.45) is 0 Å². The second kappa shape index (κ2) is 6.83. The number of piperazine rings is 1. The molecule has 0 unspecified atom stereocenters. The molecule has 1 amide bonds. The predicted molar refractivity (Wildman–Crippen MR) is 87.3 cm³/mol. The second-order valence-electron chi connectivity index (χ2n) is 5.65. The molecule has 23 heavy (non-hydrogen) atoms. The highest BCUT2D eigenvalue weighted by Crippen LogP contribution is 2.30. The van der Waals surface area contributed by atoms with E-state index in [4.69, 9.17) is 4.74 Å². The summed E-state index contributed by atoms with van der Waals surface area (Å²) in [7, 11) is 1.66. The van der Waals surface area contributed by atoms with Gasteiger partial charge in [0.05, 0.1) is 13.2 Å². The number of nitrogens with one attached hydrogen (secondary N) is 1. The number of aryl methyl sites for hydroxylation is 1. The molecule has 0 saturated carbocycles. The Kier molecular flexibility index (Phi) is 4.62. The smallest absolute Gasteiger partial charge is 0.243 e. The Hall–Kier alpha value is -2.34. The highest BCUT2D eigenvalue weighted by molar-refractivity contribution is 5.77. The van der Waals surface area contributed by atoms with Gasteiger partial charge in [-0.3, -0.25) is 4.79 Å². The molecule has 0 bridgehead atoms. The number of carbonyl (C=O) groups excluding carboxylic acids is 1. The van der Waals surface area contributed by atoms with E-state index in [9.17, 15) is 4.79 Å². The molecule has 1 N–H and O–H groups in total. The van der Waals surface area contributed by atoms with Crippen LogP contribution in [-0.2, 0) is 11.3 Å². The van der Waals surface area contributed by atoms with Crippen molar-refractivity contribution in [3.8, 4) is 5.75 Å². The van der Waals surface area contributed by atoms with Crippen LogP contribution < -0.4 is 10.1 Å². The zero-order chi connectivity index (χ0) is 16.2. The number of rotatable bonds is 4. The lowest BCUT2D eigenvalue weighted by molar-refractivity contribution is -0.135. The highest BCUT2D eigenvalue weighted by Gasteiger charge is 2.29. The minimum Gasteiger partial charge on any atom is -0.496 e. The molecule has 6 heteroatoms. The minimum absolute atomic E-state index is 0.0174. The summed E-state index contributed by atoms with van der Waals surface area (Å²) in [6, 6.07) is 7.87. The number of benzene rings is 1. The van der Waals surface area contributed by atoms with Crippen molar-refractivity contribution in [1.29, 1.82) is 0 Å². The molecule has 1 aliphatic rings. The van der Waals surface area contributed by atoms with E-state index in [0.29, 0.717) is 13.1 Å². The van der Waals surface area contributed by atoms with Crippen molar-refractivity contribution in [2.75, 3.05) is 26.7 Å². The fourth-order valence-corrected chi connectivity index (χ4v) is 3.03. The average molecular weight is 314 g/mol. The Morgan fingerprint density at radius 1 is 1.43 bits per heavy atom. The number of para-hydroxylation sites is 1. The van der Waals surface area contributed by atoms with Crippen molar-refractivity contribution in [3.05, 3.63) is 48.0 Å². The van der Waals surface area contributed by atoms with Crippen LogP contribution in [0.5, 0.6) is 5.75 Å². The van der Waals surface area contributed by atoms with Gasteiger partial charge < -0.3 is 19.5 Å². The normalized spacial score (nSPS) is 18.0. The largest absolute Gasteiger partial charge is 0.496 e. The van der Waals surface area contributed by atoms with Crippen LogP contribution in [-0.4, -0.2) is 47.1 Å². The van der Waals surface area contributed by atoms with Gasteiger partial charge in [-0.1, -0.05) is 18.2 Å². The third kappa shape index (κ3) is 3.22. The molecule has 1 aliphatic heterocycles. The van der Waals surface area contributed by atoms with Gasteiger partial charge >= 0.3 is 0 Å². The van der Waals surface area contributed by atoms with Crippen LogP contribution >= 0.6 is 0 Å². The first-order chi connectivity index (χ1) is 11.2. The standard InChI is InChI=1S/C17H22N4O2/c1-13-19-8-9-20(13)12-17(22)21-10-7-18-11-15(21)14-5-3-4-6-16(14)23-2/h3-6,8-9,15,18H,7,10-12H2,1-2H3/t15-/m1/s1. The van der Waals surface area contributed by atoms with E-state index in [1.54, 1.807) is 13.3 Å². The summed E-state index contributed by atoms with van der Waals surface area (Å²) in [5.74, 6) is 1.77. The Morgan fingerprint density at radius 3 is 3.00 bits per heavy atom. The maximum absolute atomic E-state index is 12.8. The molecule has 1 saturated heterocycles. The molecule has 1 aromatic carbocycles. The summed E-state index contributed by atoms with van der Waals surface area (Å²) in [5.41, 5.74) is 1.04. The van der Waals surface area contributed by atoms with Gasteiger partial charge in [0.15, 0.2) is 0 Å². The van der Waals surface area contributed by atoms with Gasteiger partial charge in [0.25, 0.3) is 0 Å². The Labute approximate surface area is 136 Å². The Bertz CT molecular complexity index is 683. The Balaban J connectivity index is 1.84. The number of hydrogen-bond acceptors (Lipinski definition) is 4. The predicted octanol–water partition coefficient (Wildman–Crippen LogP) is 1.37. The third-order valence-corrected chi connectivity index (χ3v) is 4.29. The maximum atomic E-state index is 12.8. The van der Waals surface area contributed by atoms with Crippen LogP contribution in [0.1, 0.15) is 17.4 Å². The van der Waals surface area contributed by atoms with Crippen LogP contribution in [0.2, 0.25) is 0 Å². The molecule has 122 valence electrons. The molecule has 0 aliphatic carbocycles. The number of nitrogens with zero attached hydrogens (tertiary/aromatic N) is 3. The number of amides is 1. The van der Waals surface area contributed by atoms with E-state index in [0.717, 1.165) is 30.2 Å². The zero-order valence-corrected chi connectivity index (χ0v) is 13.5. The van der Waals surface area contributed by atoms with E-state index < -0.39 is 0 Å². The Morgan fingerprint density at radius 2 is 2.26 bits per heavy atom. The monoisotopic (exact) mass is 314 g/mol. The number of aromatic nitrogens is 2. The van der Waals surface area contributed by atoms with Gasteiger partial charge in [-0.15, -0.1) is 0 Å². The fraction of sp³-hybridized carbons (Fsp3) is 0.412. The molecule has 2 heterocycles. The summed E-state index contributed by atoms with van der Waals surface area (Å²) in [6.07, 6.45) is 3.56. The van der Waals surface area contributed by atoms with Crippen LogP contribution in [0.3, 0.4) is 0 Å². The van der Waals surface area contributed by atoms with Crippen molar-refractivity contribution >= 4 is 5.91 Å². The third-order valence-electron chi connectivity index (χ3n) is 4.29. The summed E-state index contributed by atoms with van der Waals surface area (Å²) in [5, 5.41) is 3.37. The lowest BCUT2D eigenvalue weighted by Crippen LogP contribution is -2.49. The topological polar surface area (TPSA) is 59.4 Å². The van der Waals surface area contributed by atoms with Gasteiger partial charge in [0, 0.05) is 37.6 Å². The lowest BCUT2D eigenvalue weighted by atomic mass is 10.0. The summed E-state index contributed by atoms with van der Waals surface area (Å²) in [4.78, 5) is 18.9. The SMILES string of the molecule is COc1ccccc1[C@H]1CNCCN1C(=O)Cn1ccnc1C. The first-order valence-electron chi connectivity index (χ1n) is 7.81. The second-order valence-corrected chi connectivity index (χ2v) is 5.65. The number of ether oxygens (including phenoxy) is 1. The zero-order valence-electron chi connectivity index (χ0n) is 13.5. The molecular weight excluding hydrogens is 292 g/mol. The number of imidazole rings is 1. The minimum atomic E-state index is -0.0174. The summed E-state index contributed by atoms with van der Waals surface area (Å²) >= 11 is 0. The van der Waals surface area contributed by atoms with Crippen LogP contribution in [0.25, 0.3) is 0 Å². The molecule has 6 nitrogen and oxygen atoms in total. The molecular formula is C17H22N4O2. The average Bonchev–Trinajstić information content (AvgIpc) is 2.99. The van der Waals surface area contributed by atoms with E-state index in [1.807, 2.05) is 46.9 Å². The van der Waals surface area contributed by atoms with E-state index >= 15 is 0 Å². The van der Waals surface area contributed by atoms with Crippen molar-refractivity contribution in [3.63, 3.8) is 0 Å². The van der Waals surface area contributed by atoms with E-state index in [1.165, 1.54) is 0 Å². The van der Waals surface area contributed by atoms with Crippen molar-refractivity contribution in [1.82, 2.24) is 19.8 Å². The van der Waals surface area contributed by atoms with Gasteiger partial charge in [0.1, 0.15) is 18.1 Å². The summed E-state index contributed by atoms with van der Waals surface area (Å²) in [6.45, 7) is 4.45. The van der Waals surface area contributed by atoms with Crippen LogP contribution in [0.15, 0.2) is 36.7 Å². The molecule has 0 spiro atoms. The number of methoxy groups -OCH3 is 1.